The van der Waals surface area contributed by atoms with Gasteiger partial charge in [0.15, 0.2) is 0 Å². The Bertz CT molecular complexity index is 1790. The molecule has 0 bridgehead atoms. The van der Waals surface area contributed by atoms with E-state index in [-0.39, 0.29) is 0 Å². The third kappa shape index (κ3) is 5.15. The quantitative estimate of drug-likeness (QED) is 0.220. The molecule has 3 nitrogen and oxygen atoms in total. The highest BCUT2D eigenvalue weighted by molar-refractivity contribution is 6.10. The van der Waals surface area contributed by atoms with Crippen LogP contribution in [0.1, 0.15) is 22.3 Å². The van der Waals surface area contributed by atoms with Gasteiger partial charge < -0.3 is 14.8 Å². The summed E-state index contributed by atoms with van der Waals surface area (Å²) in [6.07, 6.45) is 0. The Kier molecular flexibility index (Phi) is 6.71. The summed E-state index contributed by atoms with van der Waals surface area (Å²) < 4.78 is 0. The summed E-state index contributed by atoms with van der Waals surface area (Å²) in [5.74, 6) is 0. The summed E-state index contributed by atoms with van der Waals surface area (Å²) >= 11 is 0. The molecule has 0 aliphatic rings. The number of aromatic amines is 1. The normalized spacial score (nSPS) is 11.3. The minimum Gasteiger partial charge on any atom is -0.355 e. The zero-order valence-electron chi connectivity index (χ0n) is 25.1. The maximum absolute atomic E-state index is 3.66. The predicted octanol–water partition coefficient (Wildman–Crippen LogP) is 11.5. The van der Waals surface area contributed by atoms with Gasteiger partial charge in [0, 0.05) is 55.9 Å². The molecule has 7 aromatic rings. The molecule has 0 radical (unpaired) electrons. The lowest BCUT2D eigenvalue weighted by Gasteiger charge is -2.26. The highest BCUT2D eigenvalue weighted by Gasteiger charge is 2.17. The number of fused-ring (bicyclic) bond motifs is 3. The van der Waals surface area contributed by atoms with Crippen LogP contribution in [-0.2, 0) is 0 Å². The Morgan fingerprint density at radius 2 is 0.581 bits per heavy atom. The minimum atomic E-state index is 1.13. The van der Waals surface area contributed by atoms with Gasteiger partial charge in [0.2, 0.25) is 0 Å². The Hall–Kier alpha value is -5.28. The van der Waals surface area contributed by atoms with Crippen molar-refractivity contribution in [1.29, 1.82) is 0 Å². The van der Waals surface area contributed by atoms with Gasteiger partial charge in [-0.2, -0.15) is 0 Å². The van der Waals surface area contributed by atoms with Crippen molar-refractivity contribution < 1.29 is 0 Å². The van der Waals surface area contributed by atoms with Crippen LogP contribution in [0.5, 0.6) is 0 Å². The first kappa shape index (κ1) is 26.6. The van der Waals surface area contributed by atoms with Crippen LogP contribution in [0.3, 0.4) is 0 Å². The molecule has 0 aliphatic carbocycles. The van der Waals surface area contributed by atoms with Gasteiger partial charge >= 0.3 is 0 Å². The standard InChI is InChI=1S/C40H35N3/c1-27-5-13-31(14-6-27)42(32-15-7-28(2)8-16-32)35-21-23-39-37(25-35)38-26-36(22-24-40(38)41-39)43(33-17-9-29(3)10-18-33)34-19-11-30(4)12-20-34/h5-26,41H,1-4H3. The van der Waals surface area contributed by atoms with Crippen LogP contribution in [-0.4, -0.2) is 4.98 Å². The maximum atomic E-state index is 3.66. The molecular weight excluding hydrogens is 522 g/mol. The molecule has 7 rings (SSSR count). The van der Waals surface area contributed by atoms with Crippen LogP contribution < -0.4 is 9.80 Å². The van der Waals surface area contributed by atoms with E-state index >= 15 is 0 Å². The third-order valence-corrected chi connectivity index (χ3v) is 8.25. The summed E-state index contributed by atoms with van der Waals surface area (Å²) in [6, 6.07) is 48.5. The lowest BCUT2D eigenvalue weighted by Crippen LogP contribution is -2.10. The second-order valence-corrected chi connectivity index (χ2v) is 11.6. The van der Waals surface area contributed by atoms with Gasteiger partial charge in [-0.25, -0.2) is 0 Å². The lowest BCUT2D eigenvalue weighted by molar-refractivity contribution is 1.27. The lowest BCUT2D eigenvalue weighted by atomic mass is 10.1. The van der Waals surface area contributed by atoms with E-state index in [4.69, 9.17) is 0 Å². The molecule has 0 saturated carbocycles. The summed E-state index contributed by atoms with van der Waals surface area (Å²) in [7, 11) is 0. The van der Waals surface area contributed by atoms with Crippen molar-refractivity contribution in [2.45, 2.75) is 27.7 Å². The van der Waals surface area contributed by atoms with E-state index < -0.39 is 0 Å². The molecule has 0 saturated heterocycles. The molecule has 0 amide bonds. The van der Waals surface area contributed by atoms with Crippen molar-refractivity contribution in [3.63, 3.8) is 0 Å². The van der Waals surface area contributed by atoms with E-state index in [1.54, 1.807) is 0 Å². The average molecular weight is 558 g/mol. The largest absolute Gasteiger partial charge is 0.355 e. The molecule has 0 fully saturated rings. The van der Waals surface area contributed by atoms with Crippen LogP contribution in [0.4, 0.5) is 34.1 Å². The maximum Gasteiger partial charge on any atom is 0.0469 e. The number of anilines is 6. The fourth-order valence-electron chi connectivity index (χ4n) is 5.82. The fraction of sp³-hybridized carbons (Fsp3) is 0.100. The zero-order valence-corrected chi connectivity index (χ0v) is 25.1. The van der Waals surface area contributed by atoms with Crippen LogP contribution in [0.2, 0.25) is 0 Å². The Morgan fingerprint density at radius 3 is 0.860 bits per heavy atom. The van der Waals surface area contributed by atoms with Crippen molar-refractivity contribution in [2.75, 3.05) is 9.80 Å². The SMILES string of the molecule is Cc1ccc(N(c2ccc(C)cc2)c2ccc3[nH]c4ccc(N(c5ccc(C)cc5)c5ccc(C)cc5)cc4c3c2)cc1. The monoisotopic (exact) mass is 557 g/mol. The Morgan fingerprint density at radius 1 is 0.326 bits per heavy atom. The van der Waals surface area contributed by atoms with Gasteiger partial charge in [-0.3, -0.25) is 0 Å². The molecule has 0 spiro atoms. The van der Waals surface area contributed by atoms with E-state index in [0.717, 1.165) is 45.2 Å². The van der Waals surface area contributed by atoms with Crippen LogP contribution >= 0.6 is 0 Å². The van der Waals surface area contributed by atoms with Crippen LogP contribution in [0, 0.1) is 27.7 Å². The van der Waals surface area contributed by atoms with E-state index in [0.29, 0.717) is 0 Å². The molecule has 1 aromatic heterocycles. The fourth-order valence-corrected chi connectivity index (χ4v) is 5.82. The molecule has 43 heavy (non-hydrogen) atoms. The van der Waals surface area contributed by atoms with Gasteiger partial charge in [0.25, 0.3) is 0 Å². The molecule has 0 aliphatic heterocycles. The second-order valence-electron chi connectivity index (χ2n) is 11.6. The molecule has 6 aromatic carbocycles. The number of rotatable bonds is 6. The van der Waals surface area contributed by atoms with E-state index in [1.165, 1.54) is 33.0 Å². The molecule has 3 heteroatoms. The number of aryl methyl sites for hydroxylation is 4. The van der Waals surface area contributed by atoms with Gasteiger partial charge in [-0.15, -0.1) is 0 Å². The number of benzene rings is 6. The summed E-state index contributed by atoms with van der Waals surface area (Å²) in [4.78, 5) is 8.34. The van der Waals surface area contributed by atoms with E-state index in [2.05, 4.69) is 176 Å². The molecular formula is C40H35N3. The van der Waals surface area contributed by atoms with Gasteiger partial charge in [-0.1, -0.05) is 70.8 Å². The van der Waals surface area contributed by atoms with Crippen LogP contribution in [0.15, 0.2) is 133 Å². The topological polar surface area (TPSA) is 22.3 Å². The number of aromatic nitrogens is 1. The van der Waals surface area contributed by atoms with E-state index in [1.807, 2.05) is 0 Å². The predicted molar refractivity (Wildman–Crippen MR) is 184 cm³/mol. The minimum absolute atomic E-state index is 1.13. The smallest absolute Gasteiger partial charge is 0.0469 e. The Labute approximate surface area is 253 Å². The second kappa shape index (κ2) is 10.8. The molecule has 210 valence electrons. The number of hydrogen-bond acceptors (Lipinski definition) is 2. The summed E-state index contributed by atoms with van der Waals surface area (Å²) in [5, 5.41) is 2.40. The molecule has 1 N–H and O–H groups in total. The average Bonchev–Trinajstić information content (AvgIpc) is 3.39. The highest BCUT2D eigenvalue weighted by atomic mass is 15.1. The summed E-state index contributed by atoms with van der Waals surface area (Å²) in [5.41, 5.74) is 14.1. The molecule has 0 atom stereocenters. The first-order valence-corrected chi connectivity index (χ1v) is 14.9. The van der Waals surface area contributed by atoms with E-state index in [9.17, 15) is 0 Å². The van der Waals surface area contributed by atoms with Crippen molar-refractivity contribution >= 4 is 55.9 Å². The molecule has 1 heterocycles. The summed E-state index contributed by atoms with van der Waals surface area (Å²) in [6.45, 7) is 8.52. The van der Waals surface area contributed by atoms with Crippen LogP contribution in [0.25, 0.3) is 21.8 Å². The van der Waals surface area contributed by atoms with Gasteiger partial charge in [0.05, 0.1) is 0 Å². The van der Waals surface area contributed by atoms with Crippen molar-refractivity contribution in [3.8, 4) is 0 Å². The van der Waals surface area contributed by atoms with Crippen molar-refractivity contribution in [1.82, 2.24) is 4.98 Å². The first-order chi connectivity index (χ1) is 20.9. The number of H-pyrrole nitrogens is 1. The molecule has 0 unspecified atom stereocenters. The van der Waals surface area contributed by atoms with Crippen molar-refractivity contribution in [3.05, 3.63) is 156 Å². The van der Waals surface area contributed by atoms with Crippen molar-refractivity contribution in [2.24, 2.45) is 0 Å². The number of hydrogen-bond donors (Lipinski definition) is 1. The number of nitrogens with zero attached hydrogens (tertiary/aromatic N) is 2. The third-order valence-electron chi connectivity index (χ3n) is 8.25. The highest BCUT2D eigenvalue weighted by Crippen LogP contribution is 2.40. The first-order valence-electron chi connectivity index (χ1n) is 14.9. The zero-order chi connectivity index (χ0) is 29.5. The number of nitrogens with one attached hydrogen (secondary N) is 1. The van der Waals surface area contributed by atoms with Gasteiger partial charge in [0.1, 0.15) is 0 Å². The van der Waals surface area contributed by atoms with Gasteiger partial charge in [-0.05, 0) is 113 Å². The Balaban J connectivity index is 1.39.